The lowest BCUT2D eigenvalue weighted by Crippen LogP contribution is -2.11. The van der Waals surface area contributed by atoms with Gasteiger partial charge >= 0.3 is 7.60 Å². The third-order valence-electron chi connectivity index (χ3n) is 2.52. The number of hydrogen-bond acceptors (Lipinski definition) is 3. The predicted octanol–water partition coefficient (Wildman–Crippen LogP) is 4.00. The Hall–Kier alpha value is -1.15. The van der Waals surface area contributed by atoms with Crippen molar-refractivity contribution in [2.75, 3.05) is 13.2 Å². The highest BCUT2D eigenvalue weighted by Gasteiger charge is 2.26. The van der Waals surface area contributed by atoms with Gasteiger partial charge < -0.3 is 9.05 Å². The fourth-order valence-electron chi connectivity index (χ4n) is 1.43. The summed E-state index contributed by atoms with van der Waals surface area (Å²) in [5.74, 6) is 0. The molecule has 19 heavy (non-hydrogen) atoms. The Morgan fingerprint density at radius 1 is 1.05 bits per heavy atom. The molecule has 0 aliphatic carbocycles. The number of aryl methyl sites for hydroxylation is 1. The van der Waals surface area contributed by atoms with E-state index in [0.717, 1.165) is 5.56 Å². The Labute approximate surface area is 115 Å². The van der Waals surface area contributed by atoms with Crippen molar-refractivity contribution in [2.24, 2.45) is 0 Å². The Balaban J connectivity index is 2.83. The number of benzene rings is 1. The lowest BCUT2D eigenvalue weighted by atomic mass is 10.2. The molecular weight excluding hydrogens is 259 g/mol. The van der Waals surface area contributed by atoms with E-state index < -0.39 is 7.60 Å². The highest BCUT2D eigenvalue weighted by Crippen LogP contribution is 2.47. The number of rotatable bonds is 9. The largest absolute Gasteiger partial charge is 0.361 e. The van der Waals surface area contributed by atoms with Gasteiger partial charge in [-0.05, 0) is 31.9 Å². The van der Waals surface area contributed by atoms with Crippen molar-refractivity contribution in [3.05, 3.63) is 55.1 Å². The highest BCUT2D eigenvalue weighted by molar-refractivity contribution is 7.62. The first-order valence-corrected chi connectivity index (χ1v) is 7.85. The maximum Gasteiger partial charge on any atom is 0.361 e. The fraction of sp³-hybridized carbons (Fsp3) is 0.333. The summed E-state index contributed by atoms with van der Waals surface area (Å²) in [6, 6.07) is 7.38. The molecule has 1 aromatic carbocycles. The highest BCUT2D eigenvalue weighted by atomic mass is 31.2. The minimum atomic E-state index is -3.25. The van der Waals surface area contributed by atoms with Crippen molar-refractivity contribution in [1.82, 2.24) is 0 Å². The van der Waals surface area contributed by atoms with Crippen molar-refractivity contribution < 1.29 is 13.6 Å². The van der Waals surface area contributed by atoms with Crippen LogP contribution in [0.25, 0.3) is 0 Å². The minimum absolute atomic E-state index is 0.336. The van der Waals surface area contributed by atoms with Crippen LogP contribution >= 0.6 is 7.60 Å². The summed E-state index contributed by atoms with van der Waals surface area (Å²) in [5, 5.41) is 0.589. The second-order valence-electron chi connectivity index (χ2n) is 4.15. The quantitative estimate of drug-likeness (QED) is 0.389. The molecule has 0 spiro atoms. The van der Waals surface area contributed by atoms with Crippen LogP contribution in [0, 0.1) is 6.92 Å². The molecule has 0 aromatic heterocycles. The smallest absolute Gasteiger partial charge is 0.305 e. The van der Waals surface area contributed by atoms with Crippen molar-refractivity contribution in [1.29, 1.82) is 0 Å². The molecule has 104 valence electrons. The zero-order valence-electron chi connectivity index (χ0n) is 11.4. The van der Waals surface area contributed by atoms with Crippen LogP contribution in [0.1, 0.15) is 18.4 Å². The summed E-state index contributed by atoms with van der Waals surface area (Å²) in [6.45, 7) is 9.88. The lowest BCUT2D eigenvalue weighted by Gasteiger charge is -2.18. The summed E-state index contributed by atoms with van der Waals surface area (Å²) < 4.78 is 23.7. The van der Waals surface area contributed by atoms with E-state index in [1.54, 1.807) is 24.3 Å². The SMILES string of the molecule is C=CCCOP(=O)(OCCC=C)c1ccc(C)cc1. The molecule has 0 N–H and O–H groups in total. The molecule has 0 bridgehead atoms. The average Bonchev–Trinajstić information content (AvgIpc) is 2.40. The Morgan fingerprint density at radius 3 is 1.95 bits per heavy atom. The molecule has 0 atom stereocenters. The third-order valence-corrected chi connectivity index (χ3v) is 4.49. The van der Waals surface area contributed by atoms with Crippen LogP contribution in [0.4, 0.5) is 0 Å². The van der Waals surface area contributed by atoms with Gasteiger partial charge in [0, 0.05) is 0 Å². The van der Waals surface area contributed by atoms with Crippen LogP contribution in [-0.4, -0.2) is 13.2 Å². The van der Waals surface area contributed by atoms with E-state index >= 15 is 0 Å². The first-order chi connectivity index (χ1) is 9.12. The Kier molecular flexibility index (Phi) is 6.79. The van der Waals surface area contributed by atoms with E-state index in [4.69, 9.17) is 9.05 Å². The molecule has 1 aromatic rings. The van der Waals surface area contributed by atoms with Crippen LogP contribution in [0.5, 0.6) is 0 Å². The molecule has 0 saturated carbocycles. The molecule has 4 heteroatoms. The zero-order chi connectivity index (χ0) is 14.1. The molecule has 0 radical (unpaired) electrons. The van der Waals surface area contributed by atoms with E-state index in [-0.39, 0.29) is 0 Å². The molecule has 0 amide bonds. The van der Waals surface area contributed by atoms with Gasteiger partial charge in [-0.15, -0.1) is 13.2 Å². The van der Waals surface area contributed by atoms with E-state index in [2.05, 4.69) is 13.2 Å². The van der Waals surface area contributed by atoms with E-state index in [1.807, 2.05) is 19.1 Å². The second kappa shape index (κ2) is 8.11. The fourth-order valence-corrected chi connectivity index (χ4v) is 3.00. The van der Waals surface area contributed by atoms with Crippen molar-refractivity contribution in [3.63, 3.8) is 0 Å². The first kappa shape index (κ1) is 15.9. The Morgan fingerprint density at radius 2 is 1.53 bits per heavy atom. The zero-order valence-corrected chi connectivity index (χ0v) is 12.3. The second-order valence-corrected chi connectivity index (χ2v) is 6.18. The summed E-state index contributed by atoms with van der Waals surface area (Å²) in [5.41, 5.74) is 1.10. The van der Waals surface area contributed by atoms with E-state index in [9.17, 15) is 4.57 Å². The van der Waals surface area contributed by atoms with Crippen LogP contribution < -0.4 is 5.30 Å². The standard InChI is InChI=1S/C15H21O3P/c1-4-6-12-17-19(16,18-13-7-5-2)15-10-8-14(3)9-11-15/h4-5,8-11H,1-2,6-7,12-13H2,3H3. The van der Waals surface area contributed by atoms with Gasteiger partial charge in [0.2, 0.25) is 0 Å². The van der Waals surface area contributed by atoms with Gasteiger partial charge in [0.05, 0.1) is 18.5 Å². The molecule has 0 fully saturated rings. The van der Waals surface area contributed by atoms with Gasteiger partial charge in [0.1, 0.15) is 0 Å². The predicted molar refractivity (Wildman–Crippen MR) is 80.0 cm³/mol. The molecule has 3 nitrogen and oxygen atoms in total. The summed E-state index contributed by atoms with van der Waals surface area (Å²) in [6.07, 6.45) is 4.73. The monoisotopic (exact) mass is 280 g/mol. The maximum absolute atomic E-state index is 12.8. The van der Waals surface area contributed by atoms with Gasteiger partial charge in [-0.2, -0.15) is 0 Å². The molecular formula is C15H21O3P. The lowest BCUT2D eigenvalue weighted by molar-refractivity contribution is 0.219. The first-order valence-electron chi connectivity index (χ1n) is 6.30. The van der Waals surface area contributed by atoms with Crippen LogP contribution in [-0.2, 0) is 13.6 Å². The van der Waals surface area contributed by atoms with Gasteiger partial charge in [0.15, 0.2) is 0 Å². The van der Waals surface area contributed by atoms with Crippen molar-refractivity contribution in [3.8, 4) is 0 Å². The number of hydrogen-bond donors (Lipinski definition) is 0. The molecule has 0 aliphatic rings. The summed E-state index contributed by atoms with van der Waals surface area (Å²) in [7, 11) is -3.25. The molecule has 1 rings (SSSR count). The van der Waals surface area contributed by atoms with Crippen LogP contribution in [0.2, 0.25) is 0 Å². The maximum atomic E-state index is 12.8. The molecule has 0 heterocycles. The topological polar surface area (TPSA) is 35.5 Å². The van der Waals surface area contributed by atoms with Crippen molar-refractivity contribution >= 4 is 12.9 Å². The van der Waals surface area contributed by atoms with Crippen molar-refractivity contribution in [2.45, 2.75) is 19.8 Å². The van der Waals surface area contributed by atoms with E-state index in [0.29, 0.717) is 31.4 Å². The third kappa shape index (κ3) is 5.15. The molecule has 0 aliphatic heterocycles. The van der Waals surface area contributed by atoms with Gasteiger partial charge in [-0.3, -0.25) is 4.57 Å². The van der Waals surface area contributed by atoms with Crippen LogP contribution in [0.15, 0.2) is 49.6 Å². The van der Waals surface area contributed by atoms with Gasteiger partial charge in [0.25, 0.3) is 0 Å². The van der Waals surface area contributed by atoms with E-state index in [1.165, 1.54) is 0 Å². The van der Waals surface area contributed by atoms with Gasteiger partial charge in [-0.1, -0.05) is 29.8 Å². The summed E-state index contributed by atoms with van der Waals surface area (Å²) in [4.78, 5) is 0. The summed E-state index contributed by atoms with van der Waals surface area (Å²) >= 11 is 0. The average molecular weight is 280 g/mol. The normalized spacial score (nSPS) is 11.2. The van der Waals surface area contributed by atoms with Crippen LogP contribution in [0.3, 0.4) is 0 Å². The Bertz CT molecular complexity index is 433. The van der Waals surface area contributed by atoms with Gasteiger partial charge in [-0.25, -0.2) is 0 Å². The minimum Gasteiger partial charge on any atom is -0.305 e. The molecule has 0 unspecified atom stereocenters. The molecule has 0 saturated heterocycles.